The molecule has 3 heteroatoms. The van der Waals surface area contributed by atoms with E-state index in [0.717, 1.165) is 5.02 Å². The van der Waals surface area contributed by atoms with Crippen LogP contribution in [-0.4, -0.2) is 49.6 Å². The van der Waals surface area contributed by atoms with Crippen LogP contribution in [-0.2, 0) is 0 Å². The number of rotatable bonds is 8. The summed E-state index contributed by atoms with van der Waals surface area (Å²) in [6.07, 6.45) is 6.64. The molecule has 22 heavy (non-hydrogen) atoms. The van der Waals surface area contributed by atoms with E-state index in [2.05, 4.69) is 42.0 Å². The molecule has 1 fully saturated rings. The van der Waals surface area contributed by atoms with E-state index in [1.54, 1.807) is 0 Å². The molecule has 1 heterocycles. The first-order valence-corrected chi connectivity index (χ1v) is 9.23. The van der Waals surface area contributed by atoms with Gasteiger partial charge in [-0.3, -0.25) is 0 Å². The second-order valence-electron chi connectivity index (χ2n) is 6.71. The van der Waals surface area contributed by atoms with Gasteiger partial charge in [-0.1, -0.05) is 56.3 Å². The summed E-state index contributed by atoms with van der Waals surface area (Å²) in [4.78, 5) is 5.05. The monoisotopic (exact) mass is 322 g/mol. The molecule has 2 rings (SSSR count). The first-order chi connectivity index (χ1) is 10.7. The largest absolute Gasteiger partial charge is 0.304 e. The number of halogens is 1. The molecule has 0 N–H and O–H groups in total. The molecular weight excluding hydrogens is 292 g/mol. The third-order valence-electron chi connectivity index (χ3n) is 4.80. The van der Waals surface area contributed by atoms with Gasteiger partial charge in [0.1, 0.15) is 0 Å². The highest BCUT2D eigenvalue weighted by Gasteiger charge is 2.19. The maximum atomic E-state index is 6.21. The fourth-order valence-electron chi connectivity index (χ4n) is 3.28. The Kier molecular flexibility index (Phi) is 7.71. The number of nitrogens with zero attached hydrogens (tertiary/aromatic N) is 2. The Morgan fingerprint density at radius 3 is 2.55 bits per heavy atom. The van der Waals surface area contributed by atoms with Gasteiger partial charge in [0.05, 0.1) is 0 Å². The smallest absolute Gasteiger partial charge is 0.0408 e. The zero-order chi connectivity index (χ0) is 15.8. The molecule has 1 saturated heterocycles. The maximum absolute atomic E-state index is 6.21. The molecule has 0 radical (unpaired) electrons. The van der Waals surface area contributed by atoms with E-state index in [-0.39, 0.29) is 0 Å². The molecule has 0 amide bonds. The van der Waals surface area contributed by atoms with Crippen LogP contribution in [0.2, 0.25) is 5.02 Å². The highest BCUT2D eigenvalue weighted by molar-refractivity contribution is 6.30. The van der Waals surface area contributed by atoms with Gasteiger partial charge in [-0.15, -0.1) is 0 Å². The number of unbranched alkanes of at least 4 members (excludes halogenated alkanes) is 3. The third kappa shape index (κ3) is 5.91. The van der Waals surface area contributed by atoms with Crippen LogP contribution in [0.5, 0.6) is 0 Å². The molecule has 1 aromatic rings. The highest BCUT2D eigenvalue weighted by Crippen LogP contribution is 2.26. The van der Waals surface area contributed by atoms with Crippen LogP contribution in [0.4, 0.5) is 0 Å². The molecule has 1 atom stereocenters. The van der Waals surface area contributed by atoms with Crippen molar-refractivity contribution in [3.63, 3.8) is 0 Å². The number of piperazine rings is 1. The summed E-state index contributed by atoms with van der Waals surface area (Å²) in [6, 6.07) is 8.50. The van der Waals surface area contributed by atoms with Crippen molar-refractivity contribution in [1.29, 1.82) is 0 Å². The lowest BCUT2D eigenvalue weighted by atomic mass is 9.92. The first-order valence-electron chi connectivity index (χ1n) is 8.85. The van der Waals surface area contributed by atoms with Crippen molar-refractivity contribution < 1.29 is 0 Å². The lowest BCUT2D eigenvalue weighted by Crippen LogP contribution is -2.45. The van der Waals surface area contributed by atoms with E-state index in [0.29, 0.717) is 5.92 Å². The summed E-state index contributed by atoms with van der Waals surface area (Å²) in [5.74, 6) is 0.624. The van der Waals surface area contributed by atoms with Gasteiger partial charge in [0, 0.05) is 37.7 Å². The van der Waals surface area contributed by atoms with Gasteiger partial charge in [-0.05, 0) is 37.1 Å². The fourth-order valence-corrected chi connectivity index (χ4v) is 3.48. The van der Waals surface area contributed by atoms with Crippen LogP contribution in [0.15, 0.2) is 24.3 Å². The van der Waals surface area contributed by atoms with Crippen molar-refractivity contribution in [2.75, 3.05) is 39.8 Å². The maximum Gasteiger partial charge on any atom is 0.0408 e. The van der Waals surface area contributed by atoms with Gasteiger partial charge < -0.3 is 9.80 Å². The SMILES string of the molecule is CCCCCCC(CN1CCN(C)CC1)c1cccc(Cl)c1. The minimum absolute atomic E-state index is 0.624. The van der Waals surface area contributed by atoms with Crippen molar-refractivity contribution in [3.8, 4) is 0 Å². The average molecular weight is 323 g/mol. The Labute approximate surface area is 141 Å². The van der Waals surface area contributed by atoms with Gasteiger partial charge in [0.25, 0.3) is 0 Å². The molecule has 0 aromatic heterocycles. The van der Waals surface area contributed by atoms with Crippen molar-refractivity contribution >= 4 is 11.6 Å². The molecule has 0 aliphatic carbocycles. The van der Waals surface area contributed by atoms with Gasteiger partial charge in [0.15, 0.2) is 0 Å². The van der Waals surface area contributed by atoms with Gasteiger partial charge >= 0.3 is 0 Å². The summed E-state index contributed by atoms with van der Waals surface area (Å²) in [6.45, 7) is 8.24. The van der Waals surface area contributed by atoms with E-state index in [4.69, 9.17) is 11.6 Å². The minimum atomic E-state index is 0.624. The van der Waals surface area contributed by atoms with Crippen LogP contribution < -0.4 is 0 Å². The van der Waals surface area contributed by atoms with Crippen LogP contribution in [0.25, 0.3) is 0 Å². The summed E-state index contributed by atoms with van der Waals surface area (Å²) in [5, 5.41) is 0.870. The third-order valence-corrected chi connectivity index (χ3v) is 5.04. The van der Waals surface area contributed by atoms with Crippen LogP contribution in [0, 0.1) is 0 Å². The average Bonchev–Trinajstić information content (AvgIpc) is 2.52. The fraction of sp³-hybridized carbons (Fsp3) is 0.684. The van der Waals surface area contributed by atoms with Crippen LogP contribution >= 0.6 is 11.6 Å². The van der Waals surface area contributed by atoms with Crippen molar-refractivity contribution in [2.24, 2.45) is 0 Å². The van der Waals surface area contributed by atoms with Gasteiger partial charge in [-0.2, -0.15) is 0 Å². The molecule has 2 nitrogen and oxygen atoms in total. The zero-order valence-corrected chi connectivity index (χ0v) is 15.0. The lowest BCUT2D eigenvalue weighted by Gasteiger charge is -2.35. The van der Waals surface area contributed by atoms with Crippen molar-refractivity contribution in [2.45, 2.75) is 44.9 Å². The standard InChI is InChI=1S/C19H31ClN2/c1-3-4-5-6-8-18(17-9-7-10-19(20)15-17)16-22-13-11-21(2)12-14-22/h7,9-10,15,18H,3-6,8,11-14,16H2,1-2H3. The zero-order valence-electron chi connectivity index (χ0n) is 14.2. The predicted molar refractivity (Wildman–Crippen MR) is 96.9 cm³/mol. The Morgan fingerprint density at radius 1 is 1.09 bits per heavy atom. The van der Waals surface area contributed by atoms with E-state index in [1.165, 1.54) is 70.4 Å². The van der Waals surface area contributed by atoms with Gasteiger partial charge in [0.2, 0.25) is 0 Å². The normalized spacial score (nSPS) is 18.5. The molecule has 1 aliphatic rings. The van der Waals surface area contributed by atoms with Crippen LogP contribution in [0.1, 0.15) is 50.5 Å². The Hall–Kier alpha value is -0.570. The minimum Gasteiger partial charge on any atom is -0.304 e. The summed E-state index contributed by atoms with van der Waals surface area (Å²) in [7, 11) is 2.22. The molecule has 1 unspecified atom stereocenters. The second-order valence-corrected chi connectivity index (χ2v) is 7.14. The van der Waals surface area contributed by atoms with E-state index < -0.39 is 0 Å². The quantitative estimate of drug-likeness (QED) is 0.643. The van der Waals surface area contributed by atoms with E-state index in [1.807, 2.05) is 6.07 Å². The number of hydrogen-bond acceptors (Lipinski definition) is 2. The van der Waals surface area contributed by atoms with Crippen LogP contribution in [0.3, 0.4) is 0 Å². The summed E-state index contributed by atoms with van der Waals surface area (Å²) in [5.41, 5.74) is 1.42. The summed E-state index contributed by atoms with van der Waals surface area (Å²) >= 11 is 6.21. The second kappa shape index (κ2) is 9.54. The molecule has 0 saturated carbocycles. The number of likely N-dealkylation sites (N-methyl/N-ethyl adjacent to an activating group) is 1. The molecule has 1 aromatic carbocycles. The highest BCUT2D eigenvalue weighted by atomic mass is 35.5. The van der Waals surface area contributed by atoms with Crippen molar-refractivity contribution in [1.82, 2.24) is 9.80 Å². The Bertz CT molecular complexity index is 427. The molecule has 124 valence electrons. The Morgan fingerprint density at radius 2 is 1.86 bits per heavy atom. The topological polar surface area (TPSA) is 6.48 Å². The molecule has 0 spiro atoms. The molecular formula is C19H31ClN2. The van der Waals surface area contributed by atoms with E-state index in [9.17, 15) is 0 Å². The van der Waals surface area contributed by atoms with Crippen molar-refractivity contribution in [3.05, 3.63) is 34.9 Å². The first kappa shape index (κ1) is 17.8. The lowest BCUT2D eigenvalue weighted by molar-refractivity contribution is 0.145. The Balaban J connectivity index is 1.94. The number of benzene rings is 1. The molecule has 1 aliphatic heterocycles. The van der Waals surface area contributed by atoms with E-state index >= 15 is 0 Å². The predicted octanol–water partition coefficient (Wildman–Crippen LogP) is 4.64. The molecule has 0 bridgehead atoms. The summed E-state index contributed by atoms with van der Waals surface area (Å²) < 4.78 is 0. The number of hydrogen-bond donors (Lipinski definition) is 0. The van der Waals surface area contributed by atoms with Gasteiger partial charge in [-0.25, -0.2) is 0 Å².